The minimum atomic E-state index is -3.46. The fourth-order valence-electron chi connectivity index (χ4n) is 2.31. The van der Waals surface area contributed by atoms with E-state index in [2.05, 4.69) is 5.32 Å². The molecule has 0 amide bonds. The molecular formula is C11H24N2O4S2. The fourth-order valence-corrected chi connectivity index (χ4v) is 5.47. The van der Waals surface area contributed by atoms with E-state index in [-0.39, 0.29) is 17.4 Å². The SMILES string of the molecule is CCNC1CCN(S(=O)(=O)CCS(C)(=O)=O)CC1C. The largest absolute Gasteiger partial charge is 0.314 e. The molecule has 2 unspecified atom stereocenters. The van der Waals surface area contributed by atoms with Crippen molar-refractivity contribution in [3.8, 4) is 0 Å². The van der Waals surface area contributed by atoms with Gasteiger partial charge >= 0.3 is 0 Å². The van der Waals surface area contributed by atoms with Gasteiger partial charge in [-0.15, -0.1) is 0 Å². The summed E-state index contributed by atoms with van der Waals surface area (Å²) < 4.78 is 47.7. The maximum Gasteiger partial charge on any atom is 0.215 e. The summed E-state index contributed by atoms with van der Waals surface area (Å²) in [6, 6.07) is 0.339. The molecule has 0 aromatic heterocycles. The van der Waals surface area contributed by atoms with E-state index in [0.29, 0.717) is 19.1 Å². The molecule has 6 nitrogen and oxygen atoms in total. The van der Waals surface area contributed by atoms with Gasteiger partial charge in [0.1, 0.15) is 9.84 Å². The van der Waals surface area contributed by atoms with Gasteiger partial charge < -0.3 is 5.32 Å². The summed E-state index contributed by atoms with van der Waals surface area (Å²) in [6.07, 6.45) is 1.83. The van der Waals surface area contributed by atoms with Crippen LogP contribution in [-0.2, 0) is 19.9 Å². The number of hydrogen-bond donors (Lipinski definition) is 1. The van der Waals surface area contributed by atoms with Crippen molar-refractivity contribution in [3.05, 3.63) is 0 Å². The molecule has 1 aliphatic heterocycles. The summed E-state index contributed by atoms with van der Waals surface area (Å²) in [5.41, 5.74) is 0. The van der Waals surface area contributed by atoms with Crippen molar-refractivity contribution in [2.45, 2.75) is 26.3 Å². The summed E-state index contributed by atoms with van der Waals surface area (Å²) in [5.74, 6) is -0.386. The van der Waals surface area contributed by atoms with Gasteiger partial charge in [0.25, 0.3) is 0 Å². The van der Waals surface area contributed by atoms with E-state index in [9.17, 15) is 16.8 Å². The minimum Gasteiger partial charge on any atom is -0.314 e. The molecule has 0 aliphatic carbocycles. The monoisotopic (exact) mass is 312 g/mol. The number of sulfone groups is 1. The third-order valence-corrected chi connectivity index (χ3v) is 6.48. The van der Waals surface area contributed by atoms with Crippen molar-refractivity contribution in [1.29, 1.82) is 0 Å². The Hall–Kier alpha value is -0.180. The van der Waals surface area contributed by atoms with E-state index in [1.54, 1.807) is 0 Å². The summed E-state index contributed by atoms with van der Waals surface area (Å²) in [5, 5.41) is 3.35. The van der Waals surface area contributed by atoms with Crippen molar-refractivity contribution in [2.75, 3.05) is 37.4 Å². The Kier molecular flexibility index (Phi) is 5.78. The van der Waals surface area contributed by atoms with Gasteiger partial charge in [0.15, 0.2) is 0 Å². The molecule has 114 valence electrons. The van der Waals surface area contributed by atoms with Crippen LogP contribution in [0.25, 0.3) is 0 Å². The van der Waals surface area contributed by atoms with Crippen molar-refractivity contribution in [2.24, 2.45) is 5.92 Å². The van der Waals surface area contributed by atoms with Gasteiger partial charge in [-0.2, -0.15) is 0 Å². The lowest BCUT2D eigenvalue weighted by Gasteiger charge is -2.36. The van der Waals surface area contributed by atoms with E-state index in [1.807, 2.05) is 13.8 Å². The fraction of sp³-hybridized carbons (Fsp3) is 1.00. The molecule has 2 atom stereocenters. The standard InChI is InChI=1S/C11H24N2O4S2/c1-4-12-11-5-6-13(9-10(11)2)19(16,17)8-7-18(3,14)15/h10-12H,4-9H2,1-3H3. The first kappa shape index (κ1) is 16.9. The molecule has 0 radical (unpaired) electrons. The van der Waals surface area contributed by atoms with Crippen LogP contribution >= 0.6 is 0 Å². The molecule has 1 aliphatic rings. The highest BCUT2D eigenvalue weighted by molar-refractivity contribution is 7.93. The molecule has 8 heteroatoms. The average Bonchev–Trinajstić information content (AvgIpc) is 2.29. The first-order valence-electron chi connectivity index (χ1n) is 6.54. The summed E-state index contributed by atoms with van der Waals surface area (Å²) in [7, 11) is -6.71. The van der Waals surface area contributed by atoms with Gasteiger partial charge in [-0.1, -0.05) is 13.8 Å². The zero-order valence-electron chi connectivity index (χ0n) is 11.8. The lowest BCUT2D eigenvalue weighted by molar-refractivity contribution is 0.222. The third-order valence-electron chi connectivity index (χ3n) is 3.44. The molecule has 1 N–H and O–H groups in total. The topological polar surface area (TPSA) is 83.6 Å². The molecule has 0 aromatic carbocycles. The molecular weight excluding hydrogens is 288 g/mol. The molecule has 1 heterocycles. The molecule has 0 saturated carbocycles. The highest BCUT2D eigenvalue weighted by atomic mass is 32.2. The Morgan fingerprint density at radius 3 is 2.32 bits per heavy atom. The molecule has 0 bridgehead atoms. The second kappa shape index (κ2) is 6.51. The van der Waals surface area contributed by atoms with Gasteiger partial charge in [0.05, 0.1) is 11.5 Å². The van der Waals surface area contributed by atoms with Gasteiger partial charge in [0.2, 0.25) is 10.0 Å². The zero-order valence-corrected chi connectivity index (χ0v) is 13.4. The smallest absolute Gasteiger partial charge is 0.215 e. The predicted octanol–water partition coefficient (Wildman–Crippen LogP) is -0.319. The van der Waals surface area contributed by atoms with Crippen LogP contribution in [0, 0.1) is 5.92 Å². The highest BCUT2D eigenvalue weighted by Crippen LogP contribution is 2.19. The molecule has 1 rings (SSSR count). The predicted molar refractivity (Wildman–Crippen MR) is 76.3 cm³/mol. The summed E-state index contributed by atoms with van der Waals surface area (Å²) >= 11 is 0. The normalized spacial score (nSPS) is 26.5. The molecule has 19 heavy (non-hydrogen) atoms. The Bertz CT molecular complexity index is 487. The summed E-state index contributed by atoms with van der Waals surface area (Å²) in [6.45, 7) is 5.85. The first-order chi connectivity index (χ1) is 8.65. The molecule has 0 spiro atoms. The Labute approximate surface area is 116 Å². The van der Waals surface area contributed by atoms with Crippen LogP contribution in [0.15, 0.2) is 0 Å². The number of rotatable bonds is 6. The van der Waals surface area contributed by atoms with E-state index in [0.717, 1.165) is 19.2 Å². The van der Waals surface area contributed by atoms with Crippen LogP contribution < -0.4 is 5.32 Å². The minimum absolute atomic E-state index is 0.238. The van der Waals surface area contributed by atoms with Crippen LogP contribution in [0.5, 0.6) is 0 Å². The number of piperidine rings is 1. The molecule has 1 saturated heterocycles. The van der Waals surface area contributed by atoms with Crippen LogP contribution in [0.3, 0.4) is 0 Å². The Morgan fingerprint density at radius 1 is 1.21 bits per heavy atom. The van der Waals surface area contributed by atoms with Crippen molar-refractivity contribution >= 4 is 19.9 Å². The average molecular weight is 312 g/mol. The second-order valence-electron chi connectivity index (χ2n) is 5.23. The summed E-state index contributed by atoms with van der Waals surface area (Å²) in [4.78, 5) is 0. The van der Waals surface area contributed by atoms with Crippen molar-refractivity contribution in [1.82, 2.24) is 9.62 Å². The Morgan fingerprint density at radius 2 is 1.84 bits per heavy atom. The number of nitrogens with zero attached hydrogens (tertiary/aromatic N) is 1. The van der Waals surface area contributed by atoms with Crippen LogP contribution in [-0.4, -0.2) is 64.6 Å². The maximum atomic E-state index is 12.1. The Balaban J connectivity index is 2.62. The highest BCUT2D eigenvalue weighted by Gasteiger charge is 2.32. The zero-order chi connectivity index (χ0) is 14.7. The quantitative estimate of drug-likeness (QED) is 0.727. The lowest BCUT2D eigenvalue weighted by Crippen LogP contribution is -2.50. The van der Waals surface area contributed by atoms with Crippen LogP contribution in [0.4, 0.5) is 0 Å². The van der Waals surface area contributed by atoms with Gasteiger partial charge in [0, 0.05) is 25.4 Å². The van der Waals surface area contributed by atoms with Gasteiger partial charge in [-0.25, -0.2) is 21.1 Å². The molecule has 1 fully saturated rings. The number of sulfonamides is 1. The van der Waals surface area contributed by atoms with Crippen LogP contribution in [0.2, 0.25) is 0 Å². The van der Waals surface area contributed by atoms with E-state index in [1.165, 1.54) is 4.31 Å². The third kappa shape index (κ3) is 5.37. The lowest BCUT2D eigenvalue weighted by atomic mass is 9.95. The first-order valence-corrected chi connectivity index (χ1v) is 10.2. The molecule has 0 aromatic rings. The van der Waals surface area contributed by atoms with Crippen LogP contribution in [0.1, 0.15) is 20.3 Å². The van der Waals surface area contributed by atoms with Crippen molar-refractivity contribution in [3.63, 3.8) is 0 Å². The maximum absolute atomic E-state index is 12.1. The number of hydrogen-bond acceptors (Lipinski definition) is 5. The van der Waals surface area contributed by atoms with E-state index in [4.69, 9.17) is 0 Å². The second-order valence-corrected chi connectivity index (χ2v) is 9.58. The van der Waals surface area contributed by atoms with Gasteiger partial charge in [-0.05, 0) is 18.9 Å². The number of nitrogens with one attached hydrogen (secondary N) is 1. The van der Waals surface area contributed by atoms with E-state index >= 15 is 0 Å². The van der Waals surface area contributed by atoms with Gasteiger partial charge in [-0.3, -0.25) is 0 Å². The van der Waals surface area contributed by atoms with E-state index < -0.39 is 19.9 Å². The van der Waals surface area contributed by atoms with Crippen molar-refractivity contribution < 1.29 is 16.8 Å².